The average Bonchev–Trinajstić information content (AvgIpc) is 3.18. The maximum Gasteiger partial charge on any atom is 0.334 e. The average molecular weight is 444 g/mol. The van der Waals surface area contributed by atoms with Crippen LogP contribution in [0.15, 0.2) is 60.3 Å². The van der Waals surface area contributed by atoms with Crippen LogP contribution in [0.2, 0.25) is 0 Å². The summed E-state index contributed by atoms with van der Waals surface area (Å²) in [6, 6.07) is 0. The number of fused-ring (bicyclic) bond motifs is 3. The summed E-state index contributed by atoms with van der Waals surface area (Å²) in [6.07, 6.45) is 2.48. The lowest BCUT2D eigenvalue weighted by Gasteiger charge is -2.28. The van der Waals surface area contributed by atoms with Crippen molar-refractivity contribution in [3.05, 3.63) is 60.3 Å². The molecule has 8 nitrogen and oxygen atoms in total. The fourth-order valence-electron chi connectivity index (χ4n) is 4.76. The van der Waals surface area contributed by atoms with Crippen molar-refractivity contribution in [3.8, 4) is 0 Å². The van der Waals surface area contributed by atoms with E-state index in [1.165, 1.54) is 19.1 Å². The van der Waals surface area contributed by atoms with Crippen LogP contribution in [0, 0.1) is 17.8 Å². The first-order valence-corrected chi connectivity index (χ1v) is 10.4. The van der Waals surface area contributed by atoms with Gasteiger partial charge < -0.3 is 24.4 Å². The topological polar surface area (TPSA) is 119 Å². The number of rotatable bonds is 6. The fourth-order valence-corrected chi connectivity index (χ4v) is 4.76. The lowest BCUT2D eigenvalue weighted by atomic mass is 9.81. The molecular weight excluding hydrogens is 416 g/mol. The summed E-state index contributed by atoms with van der Waals surface area (Å²) in [7, 11) is 0. The second-order valence-corrected chi connectivity index (χ2v) is 8.25. The van der Waals surface area contributed by atoms with Gasteiger partial charge in [0, 0.05) is 29.6 Å². The smallest absolute Gasteiger partial charge is 0.334 e. The van der Waals surface area contributed by atoms with E-state index in [-0.39, 0.29) is 42.6 Å². The molecule has 2 aliphatic carbocycles. The molecule has 6 atom stereocenters. The van der Waals surface area contributed by atoms with E-state index in [0.29, 0.717) is 12.0 Å². The number of aliphatic hydroxyl groups is 2. The number of hydrogen-bond acceptors (Lipinski definition) is 8. The number of esters is 3. The Hall–Kier alpha value is -2.97. The quantitative estimate of drug-likeness (QED) is 0.274. The van der Waals surface area contributed by atoms with E-state index in [2.05, 4.69) is 19.7 Å². The van der Waals surface area contributed by atoms with Crippen molar-refractivity contribution in [3.63, 3.8) is 0 Å². The minimum atomic E-state index is -0.715. The van der Waals surface area contributed by atoms with Gasteiger partial charge in [0.05, 0.1) is 19.1 Å². The normalized spacial score (nSPS) is 32.4. The summed E-state index contributed by atoms with van der Waals surface area (Å²) < 4.78 is 16.9. The van der Waals surface area contributed by atoms with Crippen molar-refractivity contribution < 1.29 is 38.8 Å². The summed E-state index contributed by atoms with van der Waals surface area (Å²) in [5, 5.41) is 17.9. The summed E-state index contributed by atoms with van der Waals surface area (Å²) in [5.41, 5.74) is 1.84. The number of ether oxygens (including phenoxy) is 3. The Bertz CT molecular complexity index is 911. The van der Waals surface area contributed by atoms with Crippen LogP contribution in [0.4, 0.5) is 0 Å². The van der Waals surface area contributed by atoms with E-state index in [9.17, 15) is 14.4 Å². The Balaban J connectivity index is 1.87. The molecule has 172 valence electrons. The standard InChI is InChI=1S/C24H28O8/c1-12(7-9-26)23(28)31-18-10-13(2)16-11-17(30-19(27)6-5-8-25)14(3)20(16)22-21(18)15(4)24(29)32-22/h5-7,16-18,20-22,25-26H,2-4,8-11H2,1H3/b6-5+,12-7+/t16-,17-,18-,20-,21+,22+/m0/s1. The molecule has 8 heteroatoms. The van der Waals surface area contributed by atoms with Crippen LogP contribution in [0.1, 0.15) is 19.8 Å². The first kappa shape index (κ1) is 23.7. The maximum atomic E-state index is 12.5. The molecule has 2 saturated carbocycles. The van der Waals surface area contributed by atoms with Gasteiger partial charge in [-0.3, -0.25) is 0 Å². The first-order valence-electron chi connectivity index (χ1n) is 10.4. The zero-order valence-corrected chi connectivity index (χ0v) is 18.0. The molecular formula is C24H28O8. The van der Waals surface area contributed by atoms with Gasteiger partial charge in [-0.05, 0) is 30.9 Å². The van der Waals surface area contributed by atoms with Gasteiger partial charge in [0.1, 0.15) is 18.3 Å². The zero-order valence-electron chi connectivity index (χ0n) is 18.0. The van der Waals surface area contributed by atoms with Gasteiger partial charge in [-0.1, -0.05) is 31.4 Å². The lowest BCUT2D eigenvalue weighted by molar-refractivity contribution is -0.148. The summed E-state index contributed by atoms with van der Waals surface area (Å²) in [5.74, 6) is -2.92. The summed E-state index contributed by atoms with van der Waals surface area (Å²) >= 11 is 0. The van der Waals surface area contributed by atoms with Gasteiger partial charge in [0.2, 0.25) is 0 Å². The Morgan fingerprint density at radius 1 is 1.16 bits per heavy atom. The number of carbonyl (C=O) groups excluding carboxylic acids is 3. The molecule has 0 amide bonds. The van der Waals surface area contributed by atoms with Gasteiger partial charge in [-0.15, -0.1) is 0 Å². The van der Waals surface area contributed by atoms with Crippen molar-refractivity contribution >= 4 is 17.9 Å². The molecule has 1 aliphatic heterocycles. The monoisotopic (exact) mass is 444 g/mol. The maximum absolute atomic E-state index is 12.5. The number of aliphatic hydroxyl groups excluding tert-OH is 2. The van der Waals surface area contributed by atoms with Gasteiger partial charge in [-0.25, -0.2) is 14.4 Å². The molecule has 32 heavy (non-hydrogen) atoms. The highest BCUT2D eigenvalue weighted by Gasteiger charge is 2.57. The highest BCUT2D eigenvalue weighted by molar-refractivity contribution is 5.92. The van der Waals surface area contributed by atoms with Crippen LogP contribution in [0.25, 0.3) is 0 Å². The summed E-state index contributed by atoms with van der Waals surface area (Å²) in [6.45, 7) is 13.1. The Labute approximate surface area is 186 Å². The van der Waals surface area contributed by atoms with Gasteiger partial charge in [0.25, 0.3) is 0 Å². The van der Waals surface area contributed by atoms with E-state index in [0.717, 1.165) is 11.6 Å². The van der Waals surface area contributed by atoms with Gasteiger partial charge in [0.15, 0.2) is 0 Å². The summed E-state index contributed by atoms with van der Waals surface area (Å²) in [4.78, 5) is 36.9. The highest BCUT2D eigenvalue weighted by Crippen LogP contribution is 2.53. The van der Waals surface area contributed by atoms with Crippen LogP contribution in [-0.2, 0) is 28.6 Å². The van der Waals surface area contributed by atoms with E-state index in [1.807, 2.05) is 0 Å². The minimum Gasteiger partial charge on any atom is -0.458 e. The van der Waals surface area contributed by atoms with Crippen LogP contribution >= 0.6 is 0 Å². The van der Waals surface area contributed by atoms with E-state index >= 15 is 0 Å². The van der Waals surface area contributed by atoms with E-state index in [4.69, 9.17) is 24.4 Å². The van der Waals surface area contributed by atoms with Gasteiger partial charge >= 0.3 is 17.9 Å². The molecule has 0 bridgehead atoms. The molecule has 3 aliphatic rings. The molecule has 0 spiro atoms. The van der Waals surface area contributed by atoms with Crippen molar-refractivity contribution in [2.45, 2.75) is 38.1 Å². The molecule has 0 unspecified atom stereocenters. The third-order valence-electron chi connectivity index (χ3n) is 6.34. The second kappa shape index (κ2) is 9.67. The minimum absolute atomic E-state index is 0.189. The number of hydrogen-bond donors (Lipinski definition) is 2. The Kier molecular flexibility index (Phi) is 7.16. The molecule has 1 saturated heterocycles. The van der Waals surface area contributed by atoms with Crippen molar-refractivity contribution in [2.24, 2.45) is 17.8 Å². The predicted octanol–water partition coefficient (Wildman–Crippen LogP) is 1.55. The third-order valence-corrected chi connectivity index (χ3v) is 6.34. The predicted molar refractivity (Wildman–Crippen MR) is 114 cm³/mol. The fraction of sp³-hybridized carbons (Fsp3) is 0.458. The molecule has 3 rings (SSSR count). The van der Waals surface area contributed by atoms with Gasteiger partial charge in [-0.2, -0.15) is 0 Å². The van der Waals surface area contributed by atoms with Crippen LogP contribution in [0.5, 0.6) is 0 Å². The van der Waals surface area contributed by atoms with Crippen LogP contribution in [0.3, 0.4) is 0 Å². The molecule has 0 radical (unpaired) electrons. The van der Waals surface area contributed by atoms with Crippen molar-refractivity contribution in [1.82, 2.24) is 0 Å². The van der Waals surface area contributed by atoms with Crippen molar-refractivity contribution in [1.29, 1.82) is 0 Å². The molecule has 0 aromatic carbocycles. The molecule has 2 N–H and O–H groups in total. The van der Waals surface area contributed by atoms with Crippen LogP contribution < -0.4 is 0 Å². The molecule has 3 fully saturated rings. The largest absolute Gasteiger partial charge is 0.458 e. The second-order valence-electron chi connectivity index (χ2n) is 8.25. The lowest BCUT2D eigenvalue weighted by Crippen LogP contribution is -2.36. The molecule has 0 aromatic heterocycles. The first-order chi connectivity index (χ1) is 15.2. The molecule has 0 aromatic rings. The Morgan fingerprint density at radius 2 is 1.88 bits per heavy atom. The van der Waals surface area contributed by atoms with E-state index < -0.39 is 42.1 Å². The van der Waals surface area contributed by atoms with Crippen LogP contribution in [-0.4, -0.2) is 59.6 Å². The highest BCUT2D eigenvalue weighted by atomic mass is 16.6. The van der Waals surface area contributed by atoms with Crippen molar-refractivity contribution in [2.75, 3.05) is 13.2 Å². The number of carbonyl (C=O) groups is 3. The van der Waals surface area contributed by atoms with E-state index in [1.54, 1.807) is 0 Å². The third kappa shape index (κ3) is 4.47. The molecule has 1 heterocycles. The Morgan fingerprint density at radius 3 is 2.53 bits per heavy atom. The SMILES string of the molecule is C=C1C(=O)O[C@@H]2[C@H]3C(=C)[C@@H](OC(=O)/C=C/CO)C[C@H]3C(=C)C[C@H](OC(=O)/C(C)=C/CO)[C@@H]12. The zero-order chi connectivity index (χ0) is 23.6.